The summed E-state index contributed by atoms with van der Waals surface area (Å²) in [6, 6.07) is 6.17. The van der Waals surface area contributed by atoms with Gasteiger partial charge in [-0.2, -0.15) is 0 Å². The van der Waals surface area contributed by atoms with Gasteiger partial charge in [0.15, 0.2) is 0 Å². The molecule has 22 heavy (non-hydrogen) atoms. The van der Waals surface area contributed by atoms with Crippen molar-refractivity contribution in [1.29, 1.82) is 0 Å². The molecule has 0 amide bonds. The van der Waals surface area contributed by atoms with Crippen LogP contribution in [0.1, 0.15) is 12.1 Å². The van der Waals surface area contributed by atoms with Gasteiger partial charge < -0.3 is 4.90 Å². The van der Waals surface area contributed by atoms with Crippen LogP contribution in [0, 0.1) is 11.8 Å². The highest BCUT2D eigenvalue weighted by Crippen LogP contribution is 2.33. The van der Waals surface area contributed by atoms with Crippen LogP contribution in [0.25, 0.3) is 0 Å². The van der Waals surface area contributed by atoms with E-state index in [1.165, 1.54) is 18.7 Å². The van der Waals surface area contributed by atoms with E-state index in [2.05, 4.69) is 36.9 Å². The second-order valence-corrected chi connectivity index (χ2v) is 6.33. The molecule has 0 saturated carbocycles. The fraction of sp³-hybridized carbons (Fsp3) is 0.471. The molecule has 0 N–H and O–H groups in total. The molecule has 0 aromatic carbocycles. The Morgan fingerprint density at radius 1 is 1.00 bits per heavy atom. The lowest BCUT2D eigenvalue weighted by Gasteiger charge is -2.34. The van der Waals surface area contributed by atoms with Crippen molar-refractivity contribution in [2.45, 2.75) is 13.0 Å². The molecule has 0 unspecified atom stereocenters. The SMILES string of the molecule is c1ccc(CN2C[C@@H]3CCN(c4cnccn4)C[C@@H]3C2)nc1. The van der Waals surface area contributed by atoms with E-state index in [9.17, 15) is 0 Å². The van der Waals surface area contributed by atoms with Crippen LogP contribution in [0.15, 0.2) is 43.0 Å². The molecule has 114 valence electrons. The van der Waals surface area contributed by atoms with E-state index in [0.29, 0.717) is 0 Å². The van der Waals surface area contributed by atoms with Gasteiger partial charge >= 0.3 is 0 Å². The van der Waals surface area contributed by atoms with Gasteiger partial charge in [-0.25, -0.2) is 4.98 Å². The molecular weight excluding hydrogens is 274 g/mol. The van der Waals surface area contributed by atoms with Crippen molar-refractivity contribution in [2.75, 3.05) is 31.1 Å². The van der Waals surface area contributed by atoms with Crippen molar-refractivity contribution in [3.63, 3.8) is 0 Å². The quantitative estimate of drug-likeness (QED) is 0.864. The molecule has 2 saturated heterocycles. The van der Waals surface area contributed by atoms with Gasteiger partial charge in [-0.3, -0.25) is 14.9 Å². The molecule has 4 rings (SSSR count). The molecular formula is C17H21N5. The van der Waals surface area contributed by atoms with E-state index in [-0.39, 0.29) is 0 Å². The van der Waals surface area contributed by atoms with Crippen LogP contribution in [0.2, 0.25) is 0 Å². The Balaban J connectivity index is 1.40. The van der Waals surface area contributed by atoms with Gasteiger partial charge in [0, 0.05) is 51.3 Å². The van der Waals surface area contributed by atoms with E-state index in [1.807, 2.05) is 18.5 Å². The molecule has 2 aromatic rings. The minimum absolute atomic E-state index is 0.736. The van der Waals surface area contributed by atoms with Crippen LogP contribution < -0.4 is 4.90 Å². The number of hydrogen-bond donors (Lipinski definition) is 0. The Morgan fingerprint density at radius 3 is 2.77 bits per heavy atom. The Hall–Kier alpha value is -2.01. The lowest BCUT2D eigenvalue weighted by Crippen LogP contribution is -2.40. The summed E-state index contributed by atoms with van der Waals surface area (Å²) >= 11 is 0. The summed E-state index contributed by atoms with van der Waals surface area (Å²) in [4.78, 5) is 18.0. The van der Waals surface area contributed by atoms with Crippen molar-refractivity contribution in [1.82, 2.24) is 19.9 Å². The van der Waals surface area contributed by atoms with Crippen LogP contribution in [-0.4, -0.2) is 46.0 Å². The lowest BCUT2D eigenvalue weighted by atomic mass is 9.89. The molecule has 2 fully saturated rings. The summed E-state index contributed by atoms with van der Waals surface area (Å²) in [6.07, 6.45) is 8.53. The first-order valence-electron chi connectivity index (χ1n) is 8.02. The summed E-state index contributed by atoms with van der Waals surface area (Å²) in [7, 11) is 0. The summed E-state index contributed by atoms with van der Waals surface area (Å²) in [5.41, 5.74) is 1.17. The van der Waals surface area contributed by atoms with Crippen molar-refractivity contribution in [3.05, 3.63) is 48.7 Å². The van der Waals surface area contributed by atoms with Gasteiger partial charge in [0.1, 0.15) is 5.82 Å². The first-order chi connectivity index (χ1) is 10.9. The number of fused-ring (bicyclic) bond motifs is 1. The topological polar surface area (TPSA) is 45.2 Å². The summed E-state index contributed by atoms with van der Waals surface area (Å²) in [6.45, 7) is 5.53. The highest BCUT2D eigenvalue weighted by Gasteiger charge is 2.37. The fourth-order valence-electron chi connectivity index (χ4n) is 3.78. The maximum atomic E-state index is 4.45. The third-order valence-electron chi connectivity index (χ3n) is 4.86. The Morgan fingerprint density at radius 2 is 1.95 bits per heavy atom. The number of hydrogen-bond acceptors (Lipinski definition) is 5. The second kappa shape index (κ2) is 6.01. The average molecular weight is 295 g/mol. The fourth-order valence-corrected chi connectivity index (χ4v) is 3.78. The van der Waals surface area contributed by atoms with Gasteiger partial charge in [0.2, 0.25) is 0 Å². The predicted molar refractivity (Wildman–Crippen MR) is 85.4 cm³/mol. The summed E-state index contributed by atoms with van der Waals surface area (Å²) in [5.74, 6) is 2.57. The Labute approximate surface area is 131 Å². The van der Waals surface area contributed by atoms with Crippen molar-refractivity contribution < 1.29 is 0 Å². The lowest BCUT2D eigenvalue weighted by molar-refractivity contribution is 0.310. The van der Waals surface area contributed by atoms with Gasteiger partial charge in [-0.05, 0) is 30.4 Å². The molecule has 0 radical (unpaired) electrons. The van der Waals surface area contributed by atoms with E-state index in [0.717, 1.165) is 43.8 Å². The zero-order chi connectivity index (χ0) is 14.8. The molecule has 4 heterocycles. The number of anilines is 1. The molecule has 5 nitrogen and oxygen atoms in total. The number of aromatic nitrogens is 3. The smallest absolute Gasteiger partial charge is 0.147 e. The Kier molecular flexibility index (Phi) is 3.72. The second-order valence-electron chi connectivity index (χ2n) is 6.33. The molecule has 0 bridgehead atoms. The summed E-state index contributed by atoms with van der Waals surface area (Å²) in [5, 5.41) is 0. The van der Waals surface area contributed by atoms with Gasteiger partial charge in [0.05, 0.1) is 11.9 Å². The van der Waals surface area contributed by atoms with E-state index in [1.54, 1.807) is 12.4 Å². The monoisotopic (exact) mass is 295 g/mol. The van der Waals surface area contributed by atoms with Crippen LogP contribution in [0.4, 0.5) is 5.82 Å². The molecule has 2 atom stereocenters. The van der Waals surface area contributed by atoms with Crippen molar-refractivity contribution >= 4 is 5.82 Å². The maximum absolute atomic E-state index is 4.45. The van der Waals surface area contributed by atoms with Gasteiger partial charge in [-0.1, -0.05) is 6.07 Å². The van der Waals surface area contributed by atoms with Crippen LogP contribution in [-0.2, 0) is 6.54 Å². The number of piperidine rings is 1. The van der Waals surface area contributed by atoms with Crippen molar-refractivity contribution in [2.24, 2.45) is 11.8 Å². The number of nitrogens with zero attached hydrogens (tertiary/aromatic N) is 5. The average Bonchev–Trinajstić information content (AvgIpc) is 2.98. The normalized spacial score (nSPS) is 25.2. The molecule has 5 heteroatoms. The highest BCUT2D eigenvalue weighted by atomic mass is 15.2. The van der Waals surface area contributed by atoms with Crippen LogP contribution in [0.5, 0.6) is 0 Å². The molecule has 2 aliphatic rings. The van der Waals surface area contributed by atoms with E-state index >= 15 is 0 Å². The number of pyridine rings is 1. The zero-order valence-corrected chi connectivity index (χ0v) is 12.7. The van der Waals surface area contributed by atoms with Gasteiger partial charge in [-0.15, -0.1) is 0 Å². The predicted octanol–water partition coefficient (Wildman–Crippen LogP) is 1.83. The standard InChI is InChI=1S/C17H21N5/c1-2-5-19-16(3-1)13-21-10-14-4-8-22(12-15(14)11-21)17-9-18-6-7-20-17/h1-3,5-7,9,14-15H,4,8,10-13H2/t14-,15-/m0/s1. The third kappa shape index (κ3) is 2.81. The van der Waals surface area contributed by atoms with E-state index in [4.69, 9.17) is 0 Å². The molecule has 0 spiro atoms. The van der Waals surface area contributed by atoms with Crippen molar-refractivity contribution in [3.8, 4) is 0 Å². The number of likely N-dealkylation sites (tertiary alicyclic amines) is 1. The molecule has 2 aromatic heterocycles. The van der Waals surface area contributed by atoms with Crippen LogP contribution >= 0.6 is 0 Å². The molecule has 0 aliphatic carbocycles. The van der Waals surface area contributed by atoms with E-state index < -0.39 is 0 Å². The summed E-state index contributed by atoms with van der Waals surface area (Å²) < 4.78 is 0. The number of rotatable bonds is 3. The third-order valence-corrected chi connectivity index (χ3v) is 4.86. The minimum Gasteiger partial charge on any atom is -0.355 e. The first kappa shape index (κ1) is 13.6. The minimum atomic E-state index is 0.736. The van der Waals surface area contributed by atoms with Gasteiger partial charge in [0.25, 0.3) is 0 Å². The zero-order valence-electron chi connectivity index (χ0n) is 12.7. The Bertz CT molecular complexity index is 603. The first-order valence-corrected chi connectivity index (χ1v) is 8.02. The van der Waals surface area contributed by atoms with Crippen LogP contribution in [0.3, 0.4) is 0 Å². The highest BCUT2D eigenvalue weighted by molar-refractivity contribution is 5.36. The molecule has 2 aliphatic heterocycles. The maximum Gasteiger partial charge on any atom is 0.147 e. The largest absolute Gasteiger partial charge is 0.355 e.